The van der Waals surface area contributed by atoms with E-state index in [1.807, 2.05) is 0 Å². The zero-order valence-corrected chi connectivity index (χ0v) is 15.7. The predicted molar refractivity (Wildman–Crippen MR) is 99.4 cm³/mol. The van der Waals surface area contributed by atoms with Crippen molar-refractivity contribution in [2.24, 2.45) is 0 Å². The number of benzene rings is 2. The minimum atomic E-state index is -4.50. The van der Waals surface area contributed by atoms with Gasteiger partial charge in [0.2, 0.25) is 11.8 Å². The molecule has 0 radical (unpaired) electrons. The van der Waals surface area contributed by atoms with Crippen LogP contribution in [0.5, 0.6) is 0 Å². The Morgan fingerprint density at radius 1 is 1.15 bits per heavy atom. The Hall–Kier alpha value is -1.90. The van der Waals surface area contributed by atoms with Crippen molar-refractivity contribution in [2.45, 2.75) is 22.7 Å². The van der Waals surface area contributed by atoms with Gasteiger partial charge in [-0.05, 0) is 36.4 Å². The lowest BCUT2D eigenvalue weighted by Crippen LogP contribution is -2.32. The number of carbonyl (C=O) groups is 2. The molecule has 27 heavy (non-hydrogen) atoms. The fraction of sp³-hybridized carbons (Fsp3) is 0.176. The molecule has 1 atom stereocenters. The molecule has 1 aliphatic heterocycles. The molecule has 0 unspecified atom stereocenters. The summed E-state index contributed by atoms with van der Waals surface area (Å²) in [5, 5.41) is 4.94. The van der Waals surface area contributed by atoms with E-state index in [1.54, 1.807) is 0 Å². The molecule has 2 aromatic rings. The Labute approximate surface area is 166 Å². The van der Waals surface area contributed by atoms with Crippen molar-refractivity contribution >= 4 is 58.2 Å². The van der Waals surface area contributed by atoms with Gasteiger partial charge in [0.05, 0.1) is 16.5 Å². The molecular weight excluding hydrogens is 424 g/mol. The average molecular weight is 435 g/mol. The standard InChI is InChI=1S/C17H11Cl2F3N2O2S/c18-9-4-10(19)6-11(5-9)23-15(25)7-14-16(26)24-12-3-8(17(20,21)22)1-2-13(12)27-14/h1-6,14H,7H2,(H,23,25)(H,24,26)/t14-/m0/s1. The molecule has 0 aromatic heterocycles. The van der Waals surface area contributed by atoms with Gasteiger partial charge in [-0.2, -0.15) is 13.2 Å². The Balaban J connectivity index is 1.70. The third-order valence-corrected chi connectivity index (χ3v) is 5.36. The van der Waals surface area contributed by atoms with Crippen molar-refractivity contribution < 1.29 is 22.8 Å². The number of thioether (sulfide) groups is 1. The molecule has 0 fully saturated rings. The van der Waals surface area contributed by atoms with Crippen molar-refractivity contribution in [3.8, 4) is 0 Å². The van der Waals surface area contributed by atoms with Crippen LogP contribution in [-0.2, 0) is 15.8 Å². The minimum absolute atomic E-state index is 0.0816. The number of nitrogens with one attached hydrogen (secondary N) is 2. The van der Waals surface area contributed by atoms with Crippen LogP contribution in [0.3, 0.4) is 0 Å². The van der Waals surface area contributed by atoms with Crippen LogP contribution < -0.4 is 10.6 Å². The molecule has 2 aromatic carbocycles. The number of carbonyl (C=O) groups excluding carboxylic acids is 2. The summed E-state index contributed by atoms with van der Waals surface area (Å²) in [6.45, 7) is 0. The van der Waals surface area contributed by atoms with Crippen molar-refractivity contribution in [3.05, 3.63) is 52.0 Å². The molecular formula is C17H11Cl2F3N2O2S. The number of hydrogen-bond donors (Lipinski definition) is 2. The number of halogens is 5. The Bertz CT molecular complexity index is 901. The first-order valence-corrected chi connectivity index (χ1v) is 9.20. The number of amides is 2. The number of fused-ring (bicyclic) bond motifs is 1. The lowest BCUT2D eigenvalue weighted by Gasteiger charge is -2.24. The molecule has 0 saturated heterocycles. The van der Waals surface area contributed by atoms with Crippen LogP contribution >= 0.6 is 35.0 Å². The van der Waals surface area contributed by atoms with E-state index in [0.717, 1.165) is 23.9 Å². The third-order valence-electron chi connectivity index (χ3n) is 3.64. The van der Waals surface area contributed by atoms with Gasteiger partial charge in [0, 0.05) is 27.0 Å². The maximum Gasteiger partial charge on any atom is 0.416 e. The first kappa shape index (κ1) is 19.9. The van der Waals surface area contributed by atoms with Gasteiger partial charge >= 0.3 is 6.18 Å². The molecule has 0 saturated carbocycles. The second kappa shape index (κ2) is 7.61. The summed E-state index contributed by atoms with van der Waals surface area (Å²) < 4.78 is 38.3. The van der Waals surface area contributed by atoms with Crippen molar-refractivity contribution in [1.82, 2.24) is 0 Å². The second-order valence-electron chi connectivity index (χ2n) is 5.71. The van der Waals surface area contributed by atoms with Crippen LogP contribution in [0.1, 0.15) is 12.0 Å². The maximum absolute atomic E-state index is 12.8. The SMILES string of the molecule is O=C(C[C@@H]1Sc2ccc(C(F)(F)F)cc2NC1=O)Nc1cc(Cl)cc(Cl)c1. The van der Waals surface area contributed by atoms with Gasteiger partial charge in [-0.15, -0.1) is 11.8 Å². The van der Waals surface area contributed by atoms with Crippen molar-refractivity contribution in [1.29, 1.82) is 0 Å². The smallest absolute Gasteiger partial charge is 0.326 e. The van der Waals surface area contributed by atoms with Crippen LogP contribution in [-0.4, -0.2) is 17.1 Å². The topological polar surface area (TPSA) is 58.2 Å². The summed E-state index contributed by atoms with van der Waals surface area (Å²) in [6.07, 6.45) is -4.67. The van der Waals surface area contributed by atoms with E-state index in [2.05, 4.69) is 10.6 Å². The molecule has 2 amide bonds. The fourth-order valence-corrected chi connectivity index (χ4v) is 4.08. The largest absolute Gasteiger partial charge is 0.416 e. The fourth-order valence-electron chi connectivity index (χ4n) is 2.47. The number of hydrogen-bond acceptors (Lipinski definition) is 3. The van der Waals surface area contributed by atoms with Crippen LogP contribution in [0.4, 0.5) is 24.5 Å². The first-order chi connectivity index (χ1) is 12.6. The Morgan fingerprint density at radius 2 is 1.81 bits per heavy atom. The summed E-state index contributed by atoms with van der Waals surface area (Å²) >= 11 is 12.8. The predicted octanol–water partition coefficient (Wildman–Crippen LogP) is 5.45. The lowest BCUT2D eigenvalue weighted by molar-refractivity contribution is -0.137. The van der Waals surface area contributed by atoms with Crippen LogP contribution in [0, 0.1) is 0 Å². The summed E-state index contributed by atoms with van der Waals surface area (Å²) in [7, 11) is 0. The first-order valence-electron chi connectivity index (χ1n) is 7.56. The van der Waals surface area contributed by atoms with E-state index in [0.29, 0.717) is 20.6 Å². The van der Waals surface area contributed by atoms with Gasteiger partial charge in [0.1, 0.15) is 0 Å². The van der Waals surface area contributed by atoms with E-state index in [9.17, 15) is 22.8 Å². The number of rotatable bonds is 3. The molecule has 10 heteroatoms. The van der Waals surface area contributed by atoms with Gasteiger partial charge in [-0.25, -0.2) is 0 Å². The van der Waals surface area contributed by atoms with E-state index in [4.69, 9.17) is 23.2 Å². The van der Waals surface area contributed by atoms with Crippen molar-refractivity contribution in [2.75, 3.05) is 10.6 Å². The lowest BCUT2D eigenvalue weighted by atomic mass is 10.1. The maximum atomic E-state index is 12.8. The van der Waals surface area contributed by atoms with Crippen LogP contribution in [0.15, 0.2) is 41.3 Å². The molecule has 0 spiro atoms. The summed E-state index contributed by atoms with van der Waals surface area (Å²) in [5.74, 6) is -0.984. The average Bonchev–Trinajstić information content (AvgIpc) is 2.53. The molecule has 1 aliphatic rings. The number of alkyl halides is 3. The highest BCUT2D eigenvalue weighted by atomic mass is 35.5. The van der Waals surface area contributed by atoms with E-state index in [-0.39, 0.29) is 12.1 Å². The van der Waals surface area contributed by atoms with Gasteiger partial charge < -0.3 is 10.6 Å². The van der Waals surface area contributed by atoms with E-state index < -0.39 is 28.8 Å². The third kappa shape index (κ3) is 4.88. The second-order valence-corrected chi connectivity index (χ2v) is 7.83. The van der Waals surface area contributed by atoms with Gasteiger partial charge in [-0.1, -0.05) is 23.2 Å². The molecule has 0 bridgehead atoms. The Morgan fingerprint density at radius 3 is 2.44 bits per heavy atom. The van der Waals surface area contributed by atoms with Crippen LogP contribution in [0.25, 0.3) is 0 Å². The molecule has 0 aliphatic carbocycles. The molecule has 3 rings (SSSR count). The van der Waals surface area contributed by atoms with E-state index >= 15 is 0 Å². The monoisotopic (exact) mass is 434 g/mol. The minimum Gasteiger partial charge on any atom is -0.326 e. The van der Waals surface area contributed by atoms with E-state index in [1.165, 1.54) is 24.3 Å². The highest BCUT2D eigenvalue weighted by Gasteiger charge is 2.34. The normalized spacial score (nSPS) is 16.5. The molecule has 142 valence electrons. The summed E-state index contributed by atoms with van der Waals surface area (Å²) in [5.41, 5.74) is -0.386. The van der Waals surface area contributed by atoms with Crippen LogP contribution in [0.2, 0.25) is 10.0 Å². The molecule has 4 nitrogen and oxygen atoms in total. The number of anilines is 2. The quantitative estimate of drug-likeness (QED) is 0.674. The zero-order chi connectivity index (χ0) is 19.8. The summed E-state index contributed by atoms with van der Waals surface area (Å²) in [6, 6.07) is 7.62. The van der Waals surface area contributed by atoms with Gasteiger partial charge in [-0.3, -0.25) is 9.59 Å². The highest BCUT2D eigenvalue weighted by molar-refractivity contribution is 8.01. The van der Waals surface area contributed by atoms with Crippen molar-refractivity contribution in [3.63, 3.8) is 0 Å². The highest BCUT2D eigenvalue weighted by Crippen LogP contribution is 2.40. The Kier molecular flexibility index (Phi) is 5.60. The molecule has 1 heterocycles. The zero-order valence-electron chi connectivity index (χ0n) is 13.4. The molecule has 2 N–H and O–H groups in total. The van der Waals surface area contributed by atoms with Gasteiger partial charge in [0.25, 0.3) is 0 Å². The van der Waals surface area contributed by atoms with Gasteiger partial charge in [0.15, 0.2) is 0 Å². The summed E-state index contributed by atoms with van der Waals surface area (Å²) in [4.78, 5) is 24.8.